The minimum absolute atomic E-state index is 0.0179. The van der Waals surface area contributed by atoms with Gasteiger partial charge in [0.2, 0.25) is 70.9 Å². The molecule has 0 radical (unpaired) electrons. The van der Waals surface area contributed by atoms with Gasteiger partial charge >= 0.3 is 6.18 Å². The van der Waals surface area contributed by atoms with Gasteiger partial charge in [0.15, 0.2) is 0 Å². The van der Waals surface area contributed by atoms with Crippen LogP contribution < -0.4 is 21.3 Å². The average molecular weight is 1400 g/mol. The van der Waals surface area contributed by atoms with Gasteiger partial charge in [0.25, 0.3) is 0 Å². The molecule has 1 aromatic rings. The van der Waals surface area contributed by atoms with E-state index in [9.17, 15) is 61.1 Å². The standard InChI is InChI=1S/C70H108ClF3N12O12/c1-15-43(6)57-66(96)80(10)45(8)62(92)86-35-30-51(86)64(94)82(12)53(38-46-24-18-16-19-25-46)63(93)79(9)40-55(87)76-50(29-27-47-26-28-48(49(71)37-47)70(72,73)74)60(90)75-44(7)59(89)78-69(31-20-21-32-69)68(98)84(14)58(42(4)5)67(97)83(13)54(65(95)85-33-22-17-23-34-85)39-56(88)81(11)52(36-41(2)3)61(91)77-57/h26,28,37,41-46,50-54,57-58H,15-25,27,29-36,38-40H2,1-14H3,(H,75,90)(H,76,87)(H,77,91)(H,78,89)/t43-,44-,45-,50-,51?,52-,53-,54-,57-,58-/m0/s1. The van der Waals surface area contributed by atoms with Crippen molar-refractivity contribution in [1.82, 2.24) is 60.5 Å². The second-order valence-corrected chi connectivity index (χ2v) is 29.4. The smallest absolute Gasteiger partial charge is 0.343 e. The van der Waals surface area contributed by atoms with E-state index in [1.807, 2.05) is 20.8 Å². The number of aryl methyl sites for hydroxylation is 1. The molecule has 3 saturated heterocycles. The Hall–Kier alpha value is -7.06. The van der Waals surface area contributed by atoms with E-state index >= 15 is 9.59 Å². The van der Waals surface area contributed by atoms with Crippen molar-refractivity contribution in [1.29, 1.82) is 0 Å². The first-order valence-corrected chi connectivity index (χ1v) is 35.6. The van der Waals surface area contributed by atoms with Gasteiger partial charge in [0, 0.05) is 61.9 Å². The molecule has 1 spiro atoms. The third-order valence-electron chi connectivity index (χ3n) is 21.1. The molecule has 24 nitrogen and oxygen atoms in total. The lowest BCUT2D eigenvalue weighted by atomic mass is 9.84. The maximum Gasteiger partial charge on any atom is 0.417 e. The highest BCUT2D eigenvalue weighted by molar-refractivity contribution is 6.31. The van der Waals surface area contributed by atoms with Crippen LogP contribution in [0.1, 0.15) is 182 Å². The van der Waals surface area contributed by atoms with E-state index in [4.69, 9.17) is 11.6 Å². The van der Waals surface area contributed by atoms with E-state index in [1.54, 1.807) is 25.7 Å². The fourth-order valence-electron chi connectivity index (χ4n) is 14.4. The number of piperidine rings is 1. The van der Waals surface area contributed by atoms with Crippen LogP contribution in [0.3, 0.4) is 0 Å². The van der Waals surface area contributed by atoms with Gasteiger partial charge in [0.05, 0.1) is 23.6 Å². The minimum atomic E-state index is -4.76. The maximum atomic E-state index is 15.3. The van der Waals surface area contributed by atoms with E-state index in [1.165, 1.54) is 91.6 Å². The van der Waals surface area contributed by atoms with Crippen molar-refractivity contribution < 1.29 is 70.7 Å². The summed E-state index contributed by atoms with van der Waals surface area (Å²) in [5.41, 5.74) is -2.42. The number of likely N-dealkylation sites (tertiary alicyclic amines) is 1. The molecule has 10 atom stereocenters. The molecule has 5 aliphatic rings. The normalized spacial score (nSPS) is 27.5. The molecule has 548 valence electrons. The van der Waals surface area contributed by atoms with Crippen LogP contribution in [-0.2, 0) is 70.1 Å². The van der Waals surface area contributed by atoms with Gasteiger partial charge < -0.3 is 60.5 Å². The highest BCUT2D eigenvalue weighted by Gasteiger charge is 2.50. The summed E-state index contributed by atoms with van der Waals surface area (Å²) in [5, 5.41) is 10.5. The number of hydrogen-bond acceptors (Lipinski definition) is 12. The fraction of sp³-hybridized carbons (Fsp3) is 0.743. The first kappa shape index (κ1) is 79.9. The number of carbonyl (C=O) groups is 12. The molecule has 1 aromatic carbocycles. The van der Waals surface area contributed by atoms with Crippen molar-refractivity contribution in [2.45, 2.75) is 243 Å². The van der Waals surface area contributed by atoms with Gasteiger partial charge in [-0.1, -0.05) is 111 Å². The zero-order valence-corrected chi connectivity index (χ0v) is 60.7. The number of likely N-dealkylation sites (N-methyl/N-ethyl adjacent to an activating group) is 6. The average Bonchev–Trinajstić information content (AvgIpc) is 0.843. The number of amides is 12. The maximum absolute atomic E-state index is 15.3. The van der Waals surface area contributed by atoms with Crippen LogP contribution in [-0.4, -0.2) is 238 Å². The lowest BCUT2D eigenvalue weighted by Crippen LogP contribution is -2.65. The Labute approximate surface area is 581 Å². The molecule has 28 heteroatoms. The Morgan fingerprint density at radius 2 is 1.29 bits per heavy atom. The molecule has 12 amide bonds. The number of alkyl halides is 3. The number of carbonyl (C=O) groups excluding carboxylic acids is 12. The summed E-state index contributed by atoms with van der Waals surface area (Å²) in [5.74, 6) is -9.37. The number of fused-ring (bicyclic) bond motifs is 1. The zero-order chi connectivity index (χ0) is 73.0. The van der Waals surface area contributed by atoms with Crippen molar-refractivity contribution >= 4 is 82.5 Å². The van der Waals surface area contributed by atoms with Crippen LogP contribution >= 0.6 is 11.6 Å². The lowest BCUT2D eigenvalue weighted by molar-refractivity contribution is -0.160. The van der Waals surface area contributed by atoms with Crippen molar-refractivity contribution in [2.75, 3.05) is 68.5 Å². The molecular formula is C70H108ClF3N12O12. The summed E-state index contributed by atoms with van der Waals surface area (Å²) in [6, 6.07) is -8.23. The highest BCUT2D eigenvalue weighted by atomic mass is 35.5. The minimum Gasteiger partial charge on any atom is -0.343 e. The summed E-state index contributed by atoms with van der Waals surface area (Å²) in [6.07, 6.45) is 3.06. The first-order chi connectivity index (χ1) is 46.0. The SMILES string of the molecule is CC[C@H](C)[C@@H]1NC(=O)[C@H](CC(C)C)N(C)C(=O)C[C@@H](C(=O)N2CCCCC2)N(C)C(=O)[C@H](C(C)C)N(C)C(=O)C2(CCCC2)NC(=O)[C@H](C)NC(=O)[C@H](CCc2ccc(C(F)(F)F)c(Cl)c2)NC(=O)CN(C)C(=O)[C@H](CC2CCCCC2)N(C)C(=O)C2CCN2C(=O)[C@H](C)N(C)C1=O. The molecule has 4 N–H and O–H groups in total. The van der Waals surface area contributed by atoms with Crippen LogP contribution in [0, 0.1) is 23.7 Å². The second kappa shape index (κ2) is 34.8. The number of benzene rings is 1. The van der Waals surface area contributed by atoms with Crippen LogP contribution in [0.5, 0.6) is 0 Å². The van der Waals surface area contributed by atoms with E-state index in [0.717, 1.165) is 55.6 Å². The second-order valence-electron chi connectivity index (χ2n) is 29.0. The molecule has 2 aliphatic carbocycles. The number of nitrogens with zero attached hydrogens (tertiary/aromatic N) is 8. The van der Waals surface area contributed by atoms with E-state index < -0.39 is 172 Å². The number of hydrogen-bond donors (Lipinski definition) is 4. The molecule has 3 aliphatic heterocycles. The van der Waals surface area contributed by atoms with Crippen molar-refractivity contribution in [3.05, 3.63) is 34.3 Å². The molecule has 0 bridgehead atoms. The van der Waals surface area contributed by atoms with E-state index in [2.05, 4.69) is 21.3 Å². The van der Waals surface area contributed by atoms with Crippen LogP contribution in [0.25, 0.3) is 0 Å². The summed E-state index contributed by atoms with van der Waals surface area (Å²) in [7, 11) is 8.51. The van der Waals surface area contributed by atoms with Crippen molar-refractivity contribution in [3.63, 3.8) is 0 Å². The quantitative estimate of drug-likeness (QED) is 0.213. The first-order valence-electron chi connectivity index (χ1n) is 35.2. The monoisotopic (exact) mass is 1400 g/mol. The van der Waals surface area contributed by atoms with E-state index in [0.29, 0.717) is 45.2 Å². The summed E-state index contributed by atoms with van der Waals surface area (Å²) >= 11 is 6.10. The molecule has 98 heavy (non-hydrogen) atoms. The highest BCUT2D eigenvalue weighted by Crippen LogP contribution is 2.37. The Morgan fingerprint density at radius 3 is 1.85 bits per heavy atom. The molecule has 3 heterocycles. The topological polar surface area (TPSA) is 279 Å². The number of nitrogens with one attached hydrogen (secondary N) is 4. The summed E-state index contributed by atoms with van der Waals surface area (Å²) in [4.78, 5) is 188. The predicted octanol–water partition coefficient (Wildman–Crippen LogP) is 5.54. The number of halogens is 4. The Morgan fingerprint density at radius 1 is 0.663 bits per heavy atom. The van der Waals surface area contributed by atoms with Crippen LogP contribution in [0.15, 0.2) is 18.2 Å². The van der Waals surface area contributed by atoms with Gasteiger partial charge in [-0.25, -0.2) is 0 Å². The van der Waals surface area contributed by atoms with Gasteiger partial charge in [-0.3, -0.25) is 57.5 Å². The number of rotatable bonds is 11. The molecular weight excluding hydrogens is 1290 g/mol. The van der Waals surface area contributed by atoms with Crippen molar-refractivity contribution in [2.24, 2.45) is 23.7 Å². The molecule has 0 aromatic heterocycles. The van der Waals surface area contributed by atoms with Crippen LogP contribution in [0.2, 0.25) is 5.02 Å². The third kappa shape index (κ3) is 19.5. The zero-order valence-electron chi connectivity index (χ0n) is 60.0. The molecule has 2 saturated carbocycles. The Balaban J connectivity index is 1.41. The van der Waals surface area contributed by atoms with Crippen molar-refractivity contribution in [3.8, 4) is 0 Å². The lowest BCUT2D eigenvalue weighted by Gasteiger charge is -2.45. The largest absolute Gasteiger partial charge is 0.417 e. The van der Waals surface area contributed by atoms with Gasteiger partial charge in [-0.2, -0.15) is 13.2 Å². The summed E-state index contributed by atoms with van der Waals surface area (Å²) in [6.45, 7) is 13.9. The van der Waals surface area contributed by atoms with E-state index in [-0.39, 0.29) is 68.9 Å². The molecule has 1 unspecified atom stereocenters. The molecule has 5 fully saturated rings. The van der Waals surface area contributed by atoms with Gasteiger partial charge in [0.1, 0.15) is 59.9 Å². The van der Waals surface area contributed by atoms with Gasteiger partial charge in [-0.05, 0) is 119 Å². The Bertz CT molecular complexity index is 3060. The third-order valence-corrected chi connectivity index (χ3v) is 21.4. The van der Waals surface area contributed by atoms with Gasteiger partial charge in [-0.15, -0.1) is 0 Å². The van der Waals surface area contributed by atoms with Crippen LogP contribution in [0.4, 0.5) is 13.2 Å². The molecule has 6 rings (SSSR count). The fourth-order valence-corrected chi connectivity index (χ4v) is 14.7. The predicted molar refractivity (Wildman–Crippen MR) is 362 cm³/mol. The summed E-state index contributed by atoms with van der Waals surface area (Å²) < 4.78 is 41.3. The Kier molecular flexibility index (Phi) is 28.4.